The molecule has 0 spiro atoms. The Balaban J connectivity index is 1.47. The SMILES string of the molecule is CN=C(NCCCN1C(=O)COc2ccccc21)NC1CCS(=O)(=O)C1. The van der Waals surface area contributed by atoms with Gasteiger partial charge in [0.25, 0.3) is 5.91 Å². The molecule has 0 radical (unpaired) electrons. The van der Waals surface area contributed by atoms with Crippen molar-refractivity contribution in [3.05, 3.63) is 24.3 Å². The average molecular weight is 380 g/mol. The number of nitrogens with zero attached hydrogens (tertiary/aromatic N) is 2. The van der Waals surface area contributed by atoms with Crippen molar-refractivity contribution in [2.45, 2.75) is 18.9 Å². The third-order valence-electron chi connectivity index (χ3n) is 4.46. The number of hydrogen-bond acceptors (Lipinski definition) is 5. The minimum Gasteiger partial charge on any atom is -0.482 e. The lowest BCUT2D eigenvalue weighted by Gasteiger charge is -2.29. The Bertz CT molecular complexity index is 794. The summed E-state index contributed by atoms with van der Waals surface area (Å²) in [4.78, 5) is 18.0. The lowest BCUT2D eigenvalue weighted by Crippen LogP contribution is -2.45. The van der Waals surface area contributed by atoms with Crippen molar-refractivity contribution in [2.24, 2.45) is 4.99 Å². The zero-order chi connectivity index (χ0) is 18.6. The fraction of sp³-hybridized carbons (Fsp3) is 0.529. The molecule has 1 aromatic rings. The molecule has 26 heavy (non-hydrogen) atoms. The van der Waals surface area contributed by atoms with Crippen LogP contribution in [-0.2, 0) is 14.6 Å². The monoisotopic (exact) mass is 380 g/mol. The predicted molar refractivity (Wildman–Crippen MR) is 100 cm³/mol. The molecule has 2 aliphatic heterocycles. The Hall–Kier alpha value is -2.29. The molecule has 142 valence electrons. The van der Waals surface area contributed by atoms with Crippen LogP contribution in [0.3, 0.4) is 0 Å². The molecule has 1 atom stereocenters. The van der Waals surface area contributed by atoms with Crippen LogP contribution in [0.25, 0.3) is 0 Å². The van der Waals surface area contributed by atoms with Crippen LogP contribution in [-0.4, -0.2) is 64.6 Å². The maximum atomic E-state index is 12.1. The number of carbonyl (C=O) groups is 1. The Morgan fingerprint density at radius 2 is 2.19 bits per heavy atom. The van der Waals surface area contributed by atoms with Crippen molar-refractivity contribution in [1.29, 1.82) is 0 Å². The van der Waals surface area contributed by atoms with Crippen LogP contribution in [0.2, 0.25) is 0 Å². The summed E-state index contributed by atoms with van der Waals surface area (Å²) in [5.74, 6) is 1.62. The molecule has 3 rings (SSSR count). The lowest BCUT2D eigenvalue weighted by atomic mass is 10.2. The van der Waals surface area contributed by atoms with Crippen molar-refractivity contribution in [2.75, 3.05) is 43.1 Å². The van der Waals surface area contributed by atoms with Crippen molar-refractivity contribution in [3.63, 3.8) is 0 Å². The number of nitrogens with one attached hydrogen (secondary N) is 2. The van der Waals surface area contributed by atoms with E-state index >= 15 is 0 Å². The third-order valence-corrected chi connectivity index (χ3v) is 6.22. The molecule has 9 heteroatoms. The van der Waals surface area contributed by atoms with Gasteiger partial charge in [-0.15, -0.1) is 0 Å². The Labute approximate surface area is 153 Å². The summed E-state index contributed by atoms with van der Waals surface area (Å²) in [7, 11) is -1.27. The van der Waals surface area contributed by atoms with Gasteiger partial charge < -0.3 is 20.3 Å². The highest BCUT2D eigenvalue weighted by Gasteiger charge is 2.28. The van der Waals surface area contributed by atoms with Crippen LogP contribution in [0.5, 0.6) is 5.75 Å². The van der Waals surface area contributed by atoms with Crippen LogP contribution in [0.4, 0.5) is 5.69 Å². The number of para-hydroxylation sites is 2. The second-order valence-corrected chi connectivity index (χ2v) is 8.63. The van der Waals surface area contributed by atoms with Gasteiger partial charge in [0.05, 0.1) is 17.2 Å². The molecular formula is C17H24N4O4S. The van der Waals surface area contributed by atoms with E-state index in [-0.39, 0.29) is 30.1 Å². The third kappa shape index (κ3) is 4.46. The van der Waals surface area contributed by atoms with Gasteiger partial charge in [0.2, 0.25) is 0 Å². The van der Waals surface area contributed by atoms with Gasteiger partial charge >= 0.3 is 0 Å². The normalized spacial score (nSPS) is 21.9. The van der Waals surface area contributed by atoms with Gasteiger partial charge in [-0.3, -0.25) is 9.79 Å². The molecule has 1 fully saturated rings. The number of hydrogen-bond donors (Lipinski definition) is 2. The van der Waals surface area contributed by atoms with E-state index in [1.807, 2.05) is 24.3 Å². The summed E-state index contributed by atoms with van der Waals surface area (Å²) in [5, 5.41) is 6.32. The van der Waals surface area contributed by atoms with Gasteiger partial charge in [0.1, 0.15) is 5.75 Å². The van der Waals surface area contributed by atoms with Crippen LogP contribution in [0.15, 0.2) is 29.3 Å². The van der Waals surface area contributed by atoms with E-state index in [0.29, 0.717) is 25.5 Å². The first-order valence-corrected chi connectivity index (χ1v) is 10.5. The number of amides is 1. The number of rotatable bonds is 5. The van der Waals surface area contributed by atoms with E-state index in [9.17, 15) is 13.2 Å². The molecule has 2 N–H and O–H groups in total. The highest BCUT2D eigenvalue weighted by atomic mass is 32.2. The van der Waals surface area contributed by atoms with E-state index in [4.69, 9.17) is 4.74 Å². The van der Waals surface area contributed by atoms with E-state index in [1.165, 1.54) is 0 Å². The second kappa shape index (κ2) is 7.94. The van der Waals surface area contributed by atoms with Crippen molar-refractivity contribution in [1.82, 2.24) is 10.6 Å². The average Bonchev–Trinajstić information content (AvgIpc) is 2.97. The molecule has 0 bridgehead atoms. The first kappa shape index (κ1) is 18.5. The zero-order valence-electron chi connectivity index (χ0n) is 14.8. The number of anilines is 1. The van der Waals surface area contributed by atoms with E-state index < -0.39 is 9.84 Å². The van der Waals surface area contributed by atoms with E-state index in [2.05, 4.69) is 15.6 Å². The first-order valence-electron chi connectivity index (χ1n) is 8.68. The Morgan fingerprint density at radius 3 is 2.92 bits per heavy atom. The summed E-state index contributed by atoms with van der Waals surface area (Å²) in [5.41, 5.74) is 0.794. The smallest absolute Gasteiger partial charge is 0.265 e. The van der Waals surface area contributed by atoms with Gasteiger partial charge in [-0.2, -0.15) is 0 Å². The first-order chi connectivity index (χ1) is 12.5. The van der Waals surface area contributed by atoms with Crippen LogP contribution < -0.4 is 20.3 Å². The minimum atomic E-state index is -2.92. The summed E-state index contributed by atoms with van der Waals surface area (Å²) < 4.78 is 28.5. The number of carbonyl (C=O) groups excluding carboxylic acids is 1. The lowest BCUT2D eigenvalue weighted by molar-refractivity contribution is -0.121. The van der Waals surface area contributed by atoms with Crippen LogP contribution >= 0.6 is 0 Å². The molecule has 2 heterocycles. The number of fused-ring (bicyclic) bond motifs is 1. The van der Waals surface area contributed by atoms with Gasteiger partial charge in [-0.05, 0) is 25.0 Å². The molecule has 0 aromatic heterocycles. The number of aliphatic imine (C=N–C) groups is 1. The van der Waals surface area contributed by atoms with Crippen molar-refractivity contribution < 1.29 is 17.9 Å². The molecule has 1 saturated heterocycles. The molecule has 0 saturated carbocycles. The summed E-state index contributed by atoms with van der Waals surface area (Å²) in [6.07, 6.45) is 1.33. The van der Waals surface area contributed by atoms with E-state index in [0.717, 1.165) is 17.9 Å². The molecule has 8 nitrogen and oxygen atoms in total. The molecule has 1 aromatic carbocycles. The standard InChI is InChI=1S/C17H24N4O4S/c1-18-17(20-13-7-10-26(23,24)12-13)19-8-4-9-21-14-5-2-3-6-15(14)25-11-16(21)22/h2-3,5-6,13H,4,7-12H2,1H3,(H2,18,19,20). The largest absolute Gasteiger partial charge is 0.482 e. The summed E-state index contributed by atoms with van der Waals surface area (Å²) >= 11 is 0. The van der Waals surface area contributed by atoms with Crippen LogP contribution in [0.1, 0.15) is 12.8 Å². The molecule has 1 unspecified atom stereocenters. The fourth-order valence-corrected chi connectivity index (χ4v) is 4.81. The highest BCUT2D eigenvalue weighted by molar-refractivity contribution is 7.91. The number of guanidine groups is 1. The zero-order valence-corrected chi connectivity index (χ0v) is 15.6. The van der Waals surface area contributed by atoms with Gasteiger partial charge in [0, 0.05) is 26.2 Å². The topological polar surface area (TPSA) is 100 Å². The molecule has 0 aliphatic carbocycles. The van der Waals surface area contributed by atoms with Gasteiger partial charge in [0.15, 0.2) is 22.4 Å². The molecular weight excluding hydrogens is 356 g/mol. The minimum absolute atomic E-state index is 0.0534. The summed E-state index contributed by atoms with van der Waals surface area (Å²) in [6, 6.07) is 7.40. The van der Waals surface area contributed by atoms with E-state index in [1.54, 1.807) is 11.9 Å². The highest BCUT2D eigenvalue weighted by Crippen LogP contribution is 2.31. The fourth-order valence-electron chi connectivity index (χ4n) is 3.14. The maximum absolute atomic E-state index is 12.1. The predicted octanol–water partition coefficient (Wildman–Crippen LogP) is 0.154. The van der Waals surface area contributed by atoms with Crippen molar-refractivity contribution in [3.8, 4) is 5.75 Å². The number of benzene rings is 1. The van der Waals surface area contributed by atoms with Crippen LogP contribution in [0, 0.1) is 0 Å². The number of ether oxygens (including phenoxy) is 1. The quantitative estimate of drug-likeness (QED) is 0.429. The maximum Gasteiger partial charge on any atom is 0.265 e. The Kier molecular flexibility index (Phi) is 5.65. The summed E-state index contributed by atoms with van der Waals surface area (Å²) in [6.45, 7) is 1.25. The van der Waals surface area contributed by atoms with Gasteiger partial charge in [-0.1, -0.05) is 12.1 Å². The Morgan fingerprint density at radius 1 is 1.38 bits per heavy atom. The van der Waals surface area contributed by atoms with Crippen molar-refractivity contribution >= 4 is 27.4 Å². The second-order valence-electron chi connectivity index (χ2n) is 6.40. The molecule has 2 aliphatic rings. The molecule has 1 amide bonds. The van der Waals surface area contributed by atoms with Gasteiger partial charge in [-0.25, -0.2) is 8.42 Å². The number of sulfone groups is 1.